The van der Waals surface area contributed by atoms with Gasteiger partial charge in [-0.1, -0.05) is 12.1 Å². The quantitative estimate of drug-likeness (QED) is 0.566. The molecule has 1 aromatic rings. The third kappa shape index (κ3) is 6.04. The highest BCUT2D eigenvalue weighted by molar-refractivity contribution is 6.63. The van der Waals surface area contributed by atoms with Crippen molar-refractivity contribution in [1.29, 1.82) is 0 Å². The maximum Gasteiger partial charge on any atom is 0.498 e. The lowest BCUT2D eigenvalue weighted by Crippen LogP contribution is -2.41. The largest absolute Gasteiger partial charge is 0.498 e. The van der Waals surface area contributed by atoms with Crippen LogP contribution in [0.15, 0.2) is 18.2 Å². The minimum absolute atomic E-state index is 0.0192. The van der Waals surface area contributed by atoms with Gasteiger partial charge in [-0.05, 0) is 54.5 Å². The minimum Gasteiger partial charge on any atom is -0.492 e. The first-order valence-corrected chi connectivity index (χ1v) is 9.68. The number of benzene rings is 1. The highest BCUT2D eigenvalue weighted by atomic mass is 19.4. The smallest absolute Gasteiger partial charge is 0.492 e. The second kappa shape index (κ2) is 8.30. The Labute approximate surface area is 175 Å². The molecule has 0 saturated carbocycles. The van der Waals surface area contributed by atoms with Gasteiger partial charge in [-0.25, -0.2) is 4.79 Å². The third-order valence-electron chi connectivity index (χ3n) is 4.88. The molecule has 0 bridgehead atoms. The van der Waals surface area contributed by atoms with Gasteiger partial charge < -0.3 is 24.1 Å². The van der Waals surface area contributed by atoms with Crippen molar-refractivity contribution in [3.63, 3.8) is 0 Å². The first kappa shape index (κ1) is 24.3. The van der Waals surface area contributed by atoms with E-state index in [-0.39, 0.29) is 18.9 Å². The van der Waals surface area contributed by atoms with E-state index in [9.17, 15) is 18.0 Å². The average molecular weight is 431 g/mol. The van der Waals surface area contributed by atoms with Crippen LogP contribution in [0.1, 0.15) is 54.0 Å². The second-order valence-corrected chi connectivity index (χ2v) is 9.12. The number of amides is 1. The lowest BCUT2D eigenvalue weighted by Gasteiger charge is -2.32. The molecule has 1 aromatic carbocycles. The molecule has 2 rings (SSSR count). The molecule has 1 heterocycles. The molecule has 1 saturated heterocycles. The molecule has 0 aromatic heterocycles. The summed E-state index contributed by atoms with van der Waals surface area (Å²) < 4.78 is 62.1. The van der Waals surface area contributed by atoms with E-state index in [4.69, 9.17) is 18.8 Å². The SMILES string of the molecule is CC(C)(C)OC(=O)NCCOc1cc(C(F)(F)F)ccc1B1OC(C)(C)C(C)(C)O1. The van der Waals surface area contributed by atoms with E-state index in [0.717, 1.165) is 12.1 Å². The van der Waals surface area contributed by atoms with Crippen molar-refractivity contribution < 1.29 is 36.7 Å². The van der Waals surface area contributed by atoms with Gasteiger partial charge in [-0.3, -0.25) is 0 Å². The van der Waals surface area contributed by atoms with Gasteiger partial charge in [0.15, 0.2) is 0 Å². The van der Waals surface area contributed by atoms with Crippen LogP contribution in [0.5, 0.6) is 5.75 Å². The van der Waals surface area contributed by atoms with Crippen LogP contribution >= 0.6 is 0 Å². The molecular formula is C20H29BF3NO5. The van der Waals surface area contributed by atoms with Crippen molar-refractivity contribution >= 4 is 18.7 Å². The second-order valence-electron chi connectivity index (χ2n) is 9.12. The van der Waals surface area contributed by atoms with Crippen LogP contribution in [0.2, 0.25) is 0 Å². The molecule has 1 aliphatic heterocycles. The van der Waals surface area contributed by atoms with Gasteiger partial charge in [-0.15, -0.1) is 0 Å². The van der Waals surface area contributed by atoms with Crippen LogP contribution < -0.4 is 15.5 Å². The first-order valence-electron chi connectivity index (χ1n) is 9.68. The lowest BCUT2D eigenvalue weighted by molar-refractivity contribution is -0.137. The maximum atomic E-state index is 13.2. The molecule has 1 aliphatic rings. The van der Waals surface area contributed by atoms with Crippen LogP contribution in [0, 0.1) is 0 Å². The summed E-state index contributed by atoms with van der Waals surface area (Å²) in [5, 5.41) is 2.50. The summed E-state index contributed by atoms with van der Waals surface area (Å²) in [6, 6.07) is 3.17. The van der Waals surface area contributed by atoms with Crippen molar-refractivity contribution in [2.24, 2.45) is 0 Å². The number of alkyl halides is 3. The van der Waals surface area contributed by atoms with Gasteiger partial charge in [0, 0.05) is 5.46 Å². The molecule has 10 heteroatoms. The van der Waals surface area contributed by atoms with E-state index in [1.54, 1.807) is 20.8 Å². The number of halogens is 3. The normalized spacial score (nSPS) is 18.3. The Bertz CT molecular complexity index is 759. The summed E-state index contributed by atoms with van der Waals surface area (Å²) in [6.45, 7) is 12.6. The fourth-order valence-corrected chi connectivity index (χ4v) is 2.63. The standard InChI is InChI=1S/C20H29BF3NO5/c1-17(2,3)28-16(26)25-10-11-27-15-12-13(20(22,23)24)8-9-14(15)21-29-18(4,5)19(6,7)30-21/h8-9,12H,10-11H2,1-7H3,(H,25,26). The molecule has 0 aliphatic carbocycles. The third-order valence-corrected chi connectivity index (χ3v) is 4.88. The summed E-state index contributed by atoms with van der Waals surface area (Å²) in [5.41, 5.74) is -2.47. The summed E-state index contributed by atoms with van der Waals surface area (Å²) >= 11 is 0. The molecule has 1 N–H and O–H groups in total. The first-order chi connectivity index (χ1) is 13.5. The topological polar surface area (TPSA) is 66.0 Å². The van der Waals surface area contributed by atoms with Crippen molar-refractivity contribution in [3.8, 4) is 5.75 Å². The molecule has 6 nitrogen and oxygen atoms in total. The van der Waals surface area contributed by atoms with Gasteiger partial charge in [0.25, 0.3) is 0 Å². The van der Waals surface area contributed by atoms with E-state index >= 15 is 0 Å². The number of carbonyl (C=O) groups is 1. The number of rotatable bonds is 5. The molecule has 30 heavy (non-hydrogen) atoms. The Balaban J connectivity index is 2.15. The molecular weight excluding hydrogens is 402 g/mol. The lowest BCUT2D eigenvalue weighted by atomic mass is 9.78. The number of nitrogens with one attached hydrogen (secondary N) is 1. The van der Waals surface area contributed by atoms with E-state index in [2.05, 4.69) is 5.32 Å². The zero-order valence-electron chi connectivity index (χ0n) is 18.4. The van der Waals surface area contributed by atoms with Crippen LogP contribution in [0.25, 0.3) is 0 Å². The molecule has 1 fully saturated rings. The van der Waals surface area contributed by atoms with Crippen molar-refractivity contribution in [1.82, 2.24) is 5.32 Å². The van der Waals surface area contributed by atoms with Gasteiger partial charge in [0.05, 0.1) is 23.3 Å². The van der Waals surface area contributed by atoms with E-state index < -0.39 is 41.8 Å². The van der Waals surface area contributed by atoms with Crippen molar-refractivity contribution in [3.05, 3.63) is 23.8 Å². The predicted molar refractivity (Wildman–Crippen MR) is 107 cm³/mol. The Morgan fingerprint density at radius 3 is 2.17 bits per heavy atom. The Morgan fingerprint density at radius 1 is 1.10 bits per heavy atom. The van der Waals surface area contributed by atoms with Gasteiger partial charge in [0.2, 0.25) is 0 Å². The molecule has 1 amide bonds. The number of hydrogen-bond acceptors (Lipinski definition) is 5. The number of carbonyl (C=O) groups excluding carboxylic acids is 1. The molecule has 0 spiro atoms. The number of alkyl carbamates (subject to hydrolysis) is 1. The molecule has 0 unspecified atom stereocenters. The fraction of sp³-hybridized carbons (Fsp3) is 0.650. The monoisotopic (exact) mass is 431 g/mol. The summed E-state index contributed by atoms with van der Waals surface area (Å²) in [4.78, 5) is 11.7. The van der Waals surface area contributed by atoms with Crippen LogP contribution in [-0.2, 0) is 20.2 Å². The van der Waals surface area contributed by atoms with Crippen LogP contribution in [0.4, 0.5) is 18.0 Å². The van der Waals surface area contributed by atoms with Crippen LogP contribution in [0.3, 0.4) is 0 Å². The van der Waals surface area contributed by atoms with Crippen LogP contribution in [-0.4, -0.2) is 43.2 Å². The molecule has 0 radical (unpaired) electrons. The number of ether oxygens (including phenoxy) is 2. The van der Waals surface area contributed by atoms with E-state index in [1.165, 1.54) is 6.07 Å². The Morgan fingerprint density at radius 2 is 1.67 bits per heavy atom. The minimum atomic E-state index is -4.53. The molecule has 168 valence electrons. The van der Waals surface area contributed by atoms with Crippen molar-refractivity contribution in [2.45, 2.75) is 71.4 Å². The highest BCUT2D eigenvalue weighted by Gasteiger charge is 2.52. The average Bonchev–Trinajstić information content (AvgIpc) is 2.76. The Hall–Kier alpha value is -1.94. The van der Waals surface area contributed by atoms with Crippen molar-refractivity contribution in [2.75, 3.05) is 13.2 Å². The van der Waals surface area contributed by atoms with Gasteiger partial charge in [-0.2, -0.15) is 13.2 Å². The summed E-state index contributed by atoms with van der Waals surface area (Å²) in [7, 11) is -0.883. The summed E-state index contributed by atoms with van der Waals surface area (Å²) in [5.74, 6) is -0.0192. The summed E-state index contributed by atoms with van der Waals surface area (Å²) in [6.07, 6.45) is -5.16. The maximum absolute atomic E-state index is 13.2. The zero-order valence-corrected chi connectivity index (χ0v) is 18.4. The fourth-order valence-electron chi connectivity index (χ4n) is 2.63. The molecule has 0 atom stereocenters. The zero-order chi connectivity index (χ0) is 23.0. The number of hydrogen-bond donors (Lipinski definition) is 1. The van der Waals surface area contributed by atoms with E-state index in [1.807, 2.05) is 27.7 Å². The Kier molecular flexibility index (Phi) is 6.73. The predicted octanol–water partition coefficient (Wildman–Crippen LogP) is 3.91. The van der Waals surface area contributed by atoms with Gasteiger partial charge >= 0.3 is 19.4 Å². The van der Waals surface area contributed by atoms with E-state index in [0.29, 0.717) is 5.46 Å². The highest BCUT2D eigenvalue weighted by Crippen LogP contribution is 2.38. The van der Waals surface area contributed by atoms with Gasteiger partial charge in [0.1, 0.15) is 18.0 Å².